The Balaban J connectivity index is 1.21. The highest BCUT2D eigenvalue weighted by atomic mass is 16.5. The van der Waals surface area contributed by atoms with E-state index >= 15 is 0 Å². The standard InChI is InChI=1S/C23H32N4O2/c1-17-12-22(26(3)24-17)23(28)25(2)15-19-13-21(14-19)29-20-8-6-18(7-9-20)16-27-10-4-5-11-27/h6-9,12,19,21H,4-5,10-11,13-16H2,1-3H3. The Hall–Kier alpha value is -2.34. The molecule has 2 aliphatic rings. The zero-order chi connectivity index (χ0) is 20.4. The van der Waals surface area contributed by atoms with Crippen molar-refractivity contribution in [2.75, 3.05) is 26.7 Å². The van der Waals surface area contributed by atoms with Gasteiger partial charge in [0.15, 0.2) is 0 Å². The summed E-state index contributed by atoms with van der Waals surface area (Å²) in [7, 11) is 3.69. The summed E-state index contributed by atoms with van der Waals surface area (Å²) in [5, 5.41) is 4.27. The highest BCUT2D eigenvalue weighted by Gasteiger charge is 2.33. The van der Waals surface area contributed by atoms with Gasteiger partial charge >= 0.3 is 0 Å². The number of benzene rings is 1. The minimum absolute atomic E-state index is 0.0334. The van der Waals surface area contributed by atoms with Crippen LogP contribution in [0.2, 0.25) is 0 Å². The van der Waals surface area contributed by atoms with Crippen molar-refractivity contribution >= 4 is 5.91 Å². The Bertz CT molecular complexity index is 833. The van der Waals surface area contributed by atoms with Crippen molar-refractivity contribution in [2.45, 2.75) is 45.3 Å². The SMILES string of the molecule is Cc1cc(C(=O)N(C)CC2CC(Oc3ccc(CN4CCCC4)cc3)C2)n(C)n1. The molecule has 6 heteroatoms. The number of hydrogen-bond donors (Lipinski definition) is 0. The van der Waals surface area contributed by atoms with Crippen molar-refractivity contribution in [3.63, 3.8) is 0 Å². The molecule has 156 valence electrons. The lowest BCUT2D eigenvalue weighted by Crippen LogP contribution is -2.42. The van der Waals surface area contributed by atoms with E-state index in [-0.39, 0.29) is 12.0 Å². The third-order valence-electron chi connectivity index (χ3n) is 6.12. The van der Waals surface area contributed by atoms with Gasteiger partial charge in [-0.15, -0.1) is 0 Å². The normalized spacial score (nSPS) is 21.8. The molecule has 0 spiro atoms. The molecule has 1 aromatic carbocycles. The van der Waals surface area contributed by atoms with Crippen molar-refractivity contribution in [3.05, 3.63) is 47.3 Å². The fourth-order valence-corrected chi connectivity index (χ4v) is 4.46. The van der Waals surface area contributed by atoms with E-state index in [1.165, 1.54) is 31.5 Å². The molecule has 6 nitrogen and oxygen atoms in total. The monoisotopic (exact) mass is 396 g/mol. The van der Waals surface area contributed by atoms with Crippen LogP contribution < -0.4 is 4.74 Å². The zero-order valence-corrected chi connectivity index (χ0v) is 17.8. The summed E-state index contributed by atoms with van der Waals surface area (Å²) < 4.78 is 7.78. The minimum Gasteiger partial charge on any atom is -0.490 e. The Morgan fingerprint density at radius 1 is 1.21 bits per heavy atom. The lowest BCUT2D eigenvalue weighted by atomic mass is 9.82. The van der Waals surface area contributed by atoms with E-state index < -0.39 is 0 Å². The van der Waals surface area contributed by atoms with Gasteiger partial charge in [-0.25, -0.2) is 0 Å². The van der Waals surface area contributed by atoms with Gasteiger partial charge in [0.1, 0.15) is 11.4 Å². The van der Waals surface area contributed by atoms with Crippen LogP contribution in [0.3, 0.4) is 0 Å². The van der Waals surface area contributed by atoms with Crippen LogP contribution in [0.15, 0.2) is 30.3 Å². The van der Waals surface area contributed by atoms with Crippen molar-refractivity contribution in [1.82, 2.24) is 19.6 Å². The lowest BCUT2D eigenvalue weighted by molar-refractivity contribution is 0.0415. The predicted molar refractivity (Wildman–Crippen MR) is 113 cm³/mol. The predicted octanol–water partition coefficient (Wildman–Crippen LogP) is 3.25. The maximum atomic E-state index is 12.6. The summed E-state index contributed by atoms with van der Waals surface area (Å²) in [5.41, 5.74) is 2.87. The van der Waals surface area contributed by atoms with E-state index in [0.717, 1.165) is 37.4 Å². The van der Waals surface area contributed by atoms with Gasteiger partial charge in [-0.1, -0.05) is 12.1 Å². The van der Waals surface area contributed by atoms with E-state index in [0.29, 0.717) is 11.6 Å². The first-order chi connectivity index (χ1) is 14.0. The van der Waals surface area contributed by atoms with E-state index in [2.05, 4.69) is 34.3 Å². The van der Waals surface area contributed by atoms with Crippen molar-refractivity contribution in [1.29, 1.82) is 0 Å². The molecule has 0 radical (unpaired) electrons. The number of carbonyl (C=O) groups is 1. The van der Waals surface area contributed by atoms with Crippen molar-refractivity contribution in [2.24, 2.45) is 13.0 Å². The smallest absolute Gasteiger partial charge is 0.271 e. The third kappa shape index (κ3) is 4.81. The van der Waals surface area contributed by atoms with Crippen LogP contribution in [0, 0.1) is 12.8 Å². The van der Waals surface area contributed by atoms with Crippen molar-refractivity contribution in [3.8, 4) is 5.75 Å². The van der Waals surface area contributed by atoms with Crippen LogP contribution in [0.5, 0.6) is 5.75 Å². The number of carbonyl (C=O) groups excluding carboxylic acids is 1. The number of nitrogens with zero attached hydrogens (tertiary/aromatic N) is 4. The minimum atomic E-state index is 0.0334. The summed E-state index contributed by atoms with van der Waals surface area (Å²) >= 11 is 0. The van der Waals surface area contributed by atoms with Crippen LogP contribution in [0.1, 0.15) is 47.4 Å². The molecule has 4 rings (SSSR count). The second kappa shape index (κ2) is 8.57. The molecule has 1 aliphatic heterocycles. The quantitative estimate of drug-likeness (QED) is 0.721. The molecule has 1 aromatic heterocycles. The van der Waals surface area contributed by atoms with Crippen LogP contribution >= 0.6 is 0 Å². The van der Waals surface area contributed by atoms with Crippen molar-refractivity contribution < 1.29 is 9.53 Å². The Labute approximate surface area is 173 Å². The fraction of sp³-hybridized carbons (Fsp3) is 0.565. The molecule has 2 fully saturated rings. The number of aromatic nitrogens is 2. The van der Waals surface area contributed by atoms with E-state index in [1.54, 1.807) is 4.68 Å². The van der Waals surface area contributed by atoms with Gasteiger partial charge in [-0.3, -0.25) is 14.4 Å². The van der Waals surface area contributed by atoms with Gasteiger partial charge in [-0.05, 0) is 75.4 Å². The van der Waals surface area contributed by atoms with Crippen LogP contribution in [0.25, 0.3) is 0 Å². The van der Waals surface area contributed by atoms with Crippen LogP contribution in [0.4, 0.5) is 0 Å². The summed E-state index contributed by atoms with van der Waals surface area (Å²) in [4.78, 5) is 16.9. The molecule has 0 unspecified atom stereocenters. The van der Waals surface area contributed by atoms with Gasteiger partial charge in [0.05, 0.1) is 11.8 Å². The highest BCUT2D eigenvalue weighted by molar-refractivity contribution is 5.92. The molecule has 1 amide bonds. The molecule has 2 aromatic rings. The Morgan fingerprint density at radius 3 is 2.52 bits per heavy atom. The van der Waals surface area contributed by atoms with Gasteiger partial charge in [0.25, 0.3) is 5.91 Å². The summed E-state index contributed by atoms with van der Waals surface area (Å²) in [6.45, 7) is 6.15. The molecule has 29 heavy (non-hydrogen) atoms. The summed E-state index contributed by atoms with van der Waals surface area (Å²) in [6, 6.07) is 10.4. The van der Waals surface area contributed by atoms with Crippen LogP contribution in [-0.2, 0) is 13.6 Å². The number of likely N-dealkylation sites (tertiary alicyclic amines) is 1. The first-order valence-corrected chi connectivity index (χ1v) is 10.7. The van der Waals surface area contributed by atoms with Crippen LogP contribution in [-0.4, -0.2) is 58.3 Å². The summed E-state index contributed by atoms with van der Waals surface area (Å²) in [6.07, 6.45) is 4.90. The Morgan fingerprint density at radius 2 is 1.90 bits per heavy atom. The average molecular weight is 397 g/mol. The molecular formula is C23H32N4O2. The second-order valence-corrected chi connectivity index (χ2v) is 8.68. The molecular weight excluding hydrogens is 364 g/mol. The van der Waals surface area contributed by atoms with E-state index in [4.69, 9.17) is 4.74 Å². The van der Waals surface area contributed by atoms with Gasteiger partial charge in [0, 0.05) is 27.2 Å². The second-order valence-electron chi connectivity index (χ2n) is 8.68. The van der Waals surface area contributed by atoms with E-state index in [9.17, 15) is 4.79 Å². The molecule has 1 aliphatic carbocycles. The van der Waals surface area contributed by atoms with Gasteiger partial charge < -0.3 is 9.64 Å². The zero-order valence-electron chi connectivity index (χ0n) is 17.8. The molecule has 0 bridgehead atoms. The maximum Gasteiger partial charge on any atom is 0.271 e. The highest BCUT2D eigenvalue weighted by Crippen LogP contribution is 2.32. The first kappa shape index (κ1) is 20.0. The lowest BCUT2D eigenvalue weighted by Gasteiger charge is -2.37. The number of rotatable bonds is 7. The molecule has 2 heterocycles. The maximum absolute atomic E-state index is 12.6. The molecule has 1 saturated heterocycles. The number of amides is 1. The molecule has 0 atom stereocenters. The number of hydrogen-bond acceptors (Lipinski definition) is 4. The number of ether oxygens (including phenoxy) is 1. The Kier molecular flexibility index (Phi) is 5.90. The third-order valence-corrected chi connectivity index (χ3v) is 6.12. The topological polar surface area (TPSA) is 50.6 Å². The molecule has 0 N–H and O–H groups in total. The van der Waals surface area contributed by atoms with Gasteiger partial charge in [0.2, 0.25) is 0 Å². The fourth-order valence-electron chi connectivity index (χ4n) is 4.46. The summed E-state index contributed by atoms with van der Waals surface area (Å²) in [5.74, 6) is 1.48. The molecule has 1 saturated carbocycles. The largest absolute Gasteiger partial charge is 0.490 e. The number of aryl methyl sites for hydroxylation is 2. The first-order valence-electron chi connectivity index (χ1n) is 10.7. The van der Waals surface area contributed by atoms with E-state index in [1.807, 2.05) is 32.0 Å². The van der Waals surface area contributed by atoms with Gasteiger partial charge in [-0.2, -0.15) is 5.10 Å². The average Bonchev–Trinajstić information content (AvgIpc) is 3.29.